The van der Waals surface area contributed by atoms with Gasteiger partial charge in [0.1, 0.15) is 5.82 Å². The number of aromatic nitrogens is 2. The molecule has 76 valence electrons. The molecule has 0 radical (unpaired) electrons. The second-order valence-electron chi connectivity index (χ2n) is 2.62. The van der Waals surface area contributed by atoms with E-state index in [1.165, 1.54) is 12.4 Å². The van der Waals surface area contributed by atoms with Crippen molar-refractivity contribution in [2.45, 2.75) is 6.54 Å². The summed E-state index contributed by atoms with van der Waals surface area (Å²) in [6, 6.07) is 0. The van der Waals surface area contributed by atoms with Crippen LogP contribution >= 0.6 is 0 Å². The first kappa shape index (κ1) is 15.3. The van der Waals surface area contributed by atoms with Gasteiger partial charge in [-0.05, 0) is 0 Å². The first-order valence-corrected chi connectivity index (χ1v) is 3.91. The summed E-state index contributed by atoms with van der Waals surface area (Å²) in [7, 11) is 0. The second kappa shape index (κ2) is 6.77. The van der Waals surface area contributed by atoms with Gasteiger partial charge in [-0.15, -0.1) is 5.98 Å². The molecule has 8 heteroatoms. The third-order valence-corrected chi connectivity index (χ3v) is 1.41. The van der Waals surface area contributed by atoms with E-state index in [1.54, 1.807) is 0 Å². The van der Waals surface area contributed by atoms with Crippen LogP contribution in [-0.4, -0.2) is 16.9 Å². The molecular weight excluding hydrogens is 233 g/mol. The van der Waals surface area contributed by atoms with E-state index in [9.17, 15) is 12.9 Å². The molecule has 15 heavy (non-hydrogen) atoms. The van der Waals surface area contributed by atoms with Gasteiger partial charge in [-0.3, -0.25) is 0 Å². The molecule has 0 saturated heterocycles. The standard InChI is InChI=1S/C7H8BF3N3.K/c9-8(10,11)2-1-6-4-13-7(3-12)14-5-6;/h1-2,4-5H,3,12H2;/q-1;+1/b2-1+;. The molecule has 1 heterocycles. The van der Waals surface area contributed by atoms with E-state index >= 15 is 0 Å². The monoisotopic (exact) mass is 241 g/mol. The predicted octanol–water partition coefficient (Wildman–Crippen LogP) is -1.66. The largest absolute Gasteiger partial charge is 1.00 e. The summed E-state index contributed by atoms with van der Waals surface area (Å²) < 4.78 is 35.4. The Morgan fingerprint density at radius 1 is 1.27 bits per heavy atom. The van der Waals surface area contributed by atoms with Crippen LogP contribution in [-0.2, 0) is 6.54 Å². The van der Waals surface area contributed by atoms with Crippen LogP contribution in [0.5, 0.6) is 0 Å². The SMILES string of the molecule is NCc1ncc(/C=C/[B-](F)(F)F)cn1.[K+]. The van der Waals surface area contributed by atoms with Gasteiger partial charge in [-0.2, -0.15) is 0 Å². The van der Waals surface area contributed by atoms with Gasteiger partial charge in [0.05, 0.1) is 6.54 Å². The number of rotatable bonds is 3. The molecule has 1 rings (SSSR count). The third-order valence-electron chi connectivity index (χ3n) is 1.41. The van der Waals surface area contributed by atoms with Crippen molar-refractivity contribution >= 4 is 13.1 Å². The third kappa shape index (κ3) is 6.44. The van der Waals surface area contributed by atoms with Crippen LogP contribution in [0.15, 0.2) is 18.4 Å². The number of hydrogen-bond donors (Lipinski definition) is 1. The van der Waals surface area contributed by atoms with Crippen molar-refractivity contribution in [1.82, 2.24) is 9.97 Å². The van der Waals surface area contributed by atoms with Crippen molar-refractivity contribution in [3.63, 3.8) is 0 Å². The summed E-state index contributed by atoms with van der Waals surface area (Å²) in [5, 5.41) is 0. The Morgan fingerprint density at radius 2 is 1.80 bits per heavy atom. The van der Waals surface area contributed by atoms with Gasteiger partial charge in [-0.25, -0.2) is 9.97 Å². The molecule has 0 saturated carbocycles. The van der Waals surface area contributed by atoms with Crippen LogP contribution in [0.4, 0.5) is 12.9 Å². The first-order chi connectivity index (χ1) is 6.51. The molecule has 1 aromatic rings. The quantitative estimate of drug-likeness (QED) is 0.644. The van der Waals surface area contributed by atoms with Crippen molar-refractivity contribution in [1.29, 1.82) is 0 Å². The Hall–Kier alpha value is 0.271. The molecule has 0 unspecified atom stereocenters. The zero-order valence-corrected chi connectivity index (χ0v) is 11.3. The molecule has 0 spiro atoms. The second-order valence-corrected chi connectivity index (χ2v) is 2.62. The van der Waals surface area contributed by atoms with Crippen LogP contribution < -0.4 is 57.1 Å². The molecule has 0 amide bonds. The van der Waals surface area contributed by atoms with Crippen LogP contribution in [0.3, 0.4) is 0 Å². The van der Waals surface area contributed by atoms with Gasteiger partial charge in [0.15, 0.2) is 0 Å². The number of nitrogens with zero attached hydrogens (tertiary/aromatic N) is 2. The molecule has 0 aliphatic heterocycles. The number of nitrogens with two attached hydrogens (primary N) is 1. The maximum atomic E-state index is 11.8. The van der Waals surface area contributed by atoms with E-state index in [4.69, 9.17) is 5.73 Å². The summed E-state index contributed by atoms with van der Waals surface area (Å²) in [5.41, 5.74) is 5.53. The van der Waals surface area contributed by atoms with E-state index in [-0.39, 0.29) is 63.9 Å². The number of halogens is 3. The molecule has 0 fully saturated rings. The van der Waals surface area contributed by atoms with E-state index in [0.717, 1.165) is 6.08 Å². The fourth-order valence-electron chi connectivity index (χ4n) is 0.776. The Bertz CT molecular complexity index is 325. The van der Waals surface area contributed by atoms with Crippen molar-refractivity contribution < 1.29 is 64.3 Å². The van der Waals surface area contributed by atoms with Gasteiger partial charge in [0.2, 0.25) is 0 Å². The average molecular weight is 241 g/mol. The molecule has 2 N–H and O–H groups in total. The zero-order valence-electron chi connectivity index (χ0n) is 8.20. The fraction of sp³-hybridized carbons (Fsp3) is 0.143. The van der Waals surface area contributed by atoms with E-state index in [2.05, 4.69) is 9.97 Å². The smallest absolute Gasteiger partial charge is 0.445 e. The minimum atomic E-state index is -4.90. The van der Waals surface area contributed by atoms with E-state index < -0.39 is 6.98 Å². The maximum Gasteiger partial charge on any atom is 1.00 e. The Labute approximate surface area is 128 Å². The molecule has 0 atom stereocenters. The van der Waals surface area contributed by atoms with Crippen LogP contribution in [0.1, 0.15) is 11.4 Å². The summed E-state index contributed by atoms with van der Waals surface area (Å²) in [6.45, 7) is -4.73. The topological polar surface area (TPSA) is 51.8 Å². The van der Waals surface area contributed by atoms with Gasteiger partial charge in [0.25, 0.3) is 0 Å². The summed E-state index contributed by atoms with van der Waals surface area (Å²) >= 11 is 0. The van der Waals surface area contributed by atoms with Crippen LogP contribution in [0.25, 0.3) is 6.08 Å². The molecular formula is C7H8BF3KN3. The van der Waals surface area contributed by atoms with Gasteiger partial charge in [0, 0.05) is 18.0 Å². The van der Waals surface area contributed by atoms with Gasteiger partial charge in [-0.1, -0.05) is 6.08 Å². The Kier molecular flexibility index (Phi) is 6.89. The molecule has 0 aliphatic rings. The van der Waals surface area contributed by atoms with Crippen molar-refractivity contribution in [2.75, 3.05) is 0 Å². The normalized spacial score (nSPS) is 11.5. The summed E-state index contributed by atoms with van der Waals surface area (Å²) in [4.78, 5) is 7.50. The molecule has 3 nitrogen and oxygen atoms in total. The number of hydrogen-bond acceptors (Lipinski definition) is 3. The molecule has 0 bridgehead atoms. The van der Waals surface area contributed by atoms with Crippen molar-refractivity contribution in [3.05, 3.63) is 29.8 Å². The summed E-state index contributed by atoms with van der Waals surface area (Å²) in [5.74, 6) is 0.598. The predicted molar refractivity (Wildman–Crippen MR) is 48.0 cm³/mol. The van der Waals surface area contributed by atoms with Crippen LogP contribution in [0, 0.1) is 0 Å². The van der Waals surface area contributed by atoms with Crippen LogP contribution in [0.2, 0.25) is 0 Å². The molecule has 0 aliphatic carbocycles. The minimum absolute atomic E-state index is 0. The molecule has 1 aromatic heterocycles. The Morgan fingerprint density at radius 3 is 2.20 bits per heavy atom. The minimum Gasteiger partial charge on any atom is -0.445 e. The fourth-order valence-corrected chi connectivity index (χ4v) is 0.776. The van der Waals surface area contributed by atoms with Crippen molar-refractivity contribution in [3.8, 4) is 0 Å². The summed E-state index contributed by atoms with van der Waals surface area (Å²) in [6.07, 6.45) is 3.53. The van der Waals surface area contributed by atoms with Crippen molar-refractivity contribution in [2.24, 2.45) is 5.73 Å². The first-order valence-electron chi connectivity index (χ1n) is 3.91. The Balaban J connectivity index is 0.00000196. The average Bonchev–Trinajstić information content (AvgIpc) is 2.14. The zero-order chi connectivity index (χ0) is 10.6. The molecule has 0 aromatic carbocycles. The van der Waals surface area contributed by atoms with E-state index in [1.807, 2.05) is 0 Å². The van der Waals surface area contributed by atoms with Gasteiger partial charge < -0.3 is 18.7 Å². The van der Waals surface area contributed by atoms with Gasteiger partial charge >= 0.3 is 58.4 Å². The maximum absolute atomic E-state index is 11.8. The van der Waals surface area contributed by atoms with E-state index in [0.29, 0.717) is 11.4 Å².